The number of pyridine rings is 1. The van der Waals surface area contributed by atoms with E-state index >= 15 is 0 Å². The van der Waals surface area contributed by atoms with Crippen LogP contribution in [0.25, 0.3) is 0 Å². The quantitative estimate of drug-likeness (QED) is 0.847. The normalized spacial score (nSPS) is 10.1. The van der Waals surface area contributed by atoms with E-state index in [1.807, 2.05) is 26.0 Å². The Bertz CT molecular complexity index is 679. The van der Waals surface area contributed by atoms with Gasteiger partial charge in [0.2, 0.25) is 0 Å². The van der Waals surface area contributed by atoms with Gasteiger partial charge in [0.1, 0.15) is 0 Å². The number of aromatic nitrogens is 1. The van der Waals surface area contributed by atoms with Crippen LogP contribution in [0.5, 0.6) is 0 Å². The number of hydrogen-bond donors (Lipinski definition) is 1. The predicted molar refractivity (Wildman–Crippen MR) is 86.8 cm³/mol. The van der Waals surface area contributed by atoms with Crippen molar-refractivity contribution in [3.8, 4) is 0 Å². The molecule has 0 saturated heterocycles. The molecule has 0 aliphatic heterocycles. The van der Waals surface area contributed by atoms with Crippen LogP contribution in [0.1, 0.15) is 21.5 Å². The maximum absolute atomic E-state index is 11.9. The lowest BCUT2D eigenvalue weighted by atomic mass is 10.1. The van der Waals surface area contributed by atoms with Crippen molar-refractivity contribution in [2.45, 2.75) is 13.8 Å². The number of hydrogen-bond acceptors (Lipinski definition) is 4. The van der Waals surface area contributed by atoms with E-state index in [4.69, 9.17) is 4.74 Å². The van der Waals surface area contributed by atoms with Gasteiger partial charge in [-0.3, -0.25) is 9.78 Å². The fourth-order valence-corrected chi connectivity index (χ4v) is 2.67. The Labute approximate surface area is 136 Å². The number of carbonyl (C=O) groups is 2. The summed E-state index contributed by atoms with van der Waals surface area (Å²) in [7, 11) is 0. The second-order valence-corrected chi connectivity index (χ2v) is 5.70. The lowest BCUT2D eigenvalue weighted by Crippen LogP contribution is -2.21. The number of rotatable bonds is 4. The zero-order chi connectivity index (χ0) is 16.1. The minimum atomic E-state index is -0.576. The number of esters is 1. The van der Waals surface area contributed by atoms with Crippen LogP contribution in [0.4, 0.5) is 5.69 Å². The molecule has 0 saturated carbocycles. The van der Waals surface area contributed by atoms with Crippen molar-refractivity contribution in [2.24, 2.45) is 0 Å². The van der Waals surface area contributed by atoms with Crippen molar-refractivity contribution in [3.63, 3.8) is 0 Å². The first-order chi connectivity index (χ1) is 10.5. The number of carbonyl (C=O) groups excluding carboxylic acids is 2. The molecule has 0 aliphatic carbocycles. The average Bonchev–Trinajstić information content (AvgIpc) is 2.49. The van der Waals surface area contributed by atoms with Gasteiger partial charge >= 0.3 is 5.97 Å². The molecule has 2 rings (SSSR count). The number of halogens is 1. The average molecular weight is 363 g/mol. The third kappa shape index (κ3) is 4.14. The highest BCUT2D eigenvalue weighted by Gasteiger charge is 2.12. The van der Waals surface area contributed by atoms with Crippen LogP contribution in [0.3, 0.4) is 0 Å². The van der Waals surface area contributed by atoms with Gasteiger partial charge in [-0.05, 0) is 49.2 Å². The Morgan fingerprint density at radius 3 is 2.55 bits per heavy atom. The molecule has 1 N–H and O–H groups in total. The van der Waals surface area contributed by atoms with Gasteiger partial charge in [0.15, 0.2) is 6.61 Å². The van der Waals surface area contributed by atoms with Crippen molar-refractivity contribution in [3.05, 3.63) is 57.8 Å². The maximum Gasteiger partial charge on any atom is 0.340 e. The SMILES string of the molecule is Cc1cc(Br)cc(C)c1NC(=O)COC(=O)c1cccnc1. The monoisotopic (exact) mass is 362 g/mol. The summed E-state index contributed by atoms with van der Waals surface area (Å²) < 4.78 is 5.91. The summed E-state index contributed by atoms with van der Waals surface area (Å²) in [5.41, 5.74) is 2.90. The van der Waals surface area contributed by atoms with Crippen LogP contribution >= 0.6 is 15.9 Å². The largest absolute Gasteiger partial charge is 0.452 e. The van der Waals surface area contributed by atoms with Crippen LogP contribution in [0, 0.1) is 13.8 Å². The first kappa shape index (κ1) is 16.2. The van der Waals surface area contributed by atoms with E-state index in [9.17, 15) is 9.59 Å². The van der Waals surface area contributed by atoms with Gasteiger partial charge in [0.05, 0.1) is 5.56 Å². The molecule has 0 unspecified atom stereocenters. The van der Waals surface area contributed by atoms with Crippen LogP contribution in [0.2, 0.25) is 0 Å². The Morgan fingerprint density at radius 2 is 1.95 bits per heavy atom. The highest BCUT2D eigenvalue weighted by Crippen LogP contribution is 2.24. The number of nitrogens with zero attached hydrogens (tertiary/aromatic N) is 1. The summed E-state index contributed by atoms with van der Waals surface area (Å²) in [6.45, 7) is 3.45. The van der Waals surface area contributed by atoms with Crippen LogP contribution in [-0.4, -0.2) is 23.5 Å². The molecule has 0 bridgehead atoms. The van der Waals surface area contributed by atoms with Crippen molar-refractivity contribution in [1.29, 1.82) is 0 Å². The predicted octanol–water partition coefficient (Wildman–Crippen LogP) is 3.26. The van der Waals surface area contributed by atoms with E-state index in [1.165, 1.54) is 6.20 Å². The summed E-state index contributed by atoms with van der Waals surface area (Å²) >= 11 is 3.40. The highest BCUT2D eigenvalue weighted by atomic mass is 79.9. The second-order valence-electron chi connectivity index (χ2n) is 4.78. The molecule has 0 atom stereocenters. The van der Waals surface area contributed by atoms with Crippen molar-refractivity contribution < 1.29 is 14.3 Å². The summed E-state index contributed by atoms with van der Waals surface area (Å²) in [5, 5.41) is 2.76. The molecular weight excluding hydrogens is 348 g/mol. The summed E-state index contributed by atoms with van der Waals surface area (Å²) in [6, 6.07) is 7.02. The molecule has 5 nitrogen and oxygen atoms in total. The number of ether oxygens (including phenoxy) is 1. The molecule has 1 aromatic heterocycles. The molecule has 1 aromatic carbocycles. The van der Waals surface area contributed by atoms with Gasteiger partial charge in [-0.15, -0.1) is 0 Å². The van der Waals surface area contributed by atoms with Crippen molar-refractivity contribution >= 4 is 33.5 Å². The van der Waals surface area contributed by atoms with E-state index in [2.05, 4.69) is 26.2 Å². The number of amides is 1. The van der Waals surface area contributed by atoms with Gasteiger partial charge in [-0.2, -0.15) is 0 Å². The zero-order valence-corrected chi connectivity index (χ0v) is 13.8. The molecule has 2 aromatic rings. The first-order valence-corrected chi connectivity index (χ1v) is 7.40. The molecule has 114 valence electrons. The van der Waals surface area contributed by atoms with E-state index in [0.717, 1.165) is 21.3 Å². The molecule has 0 spiro atoms. The number of nitrogens with one attached hydrogen (secondary N) is 1. The molecular formula is C16H15BrN2O3. The van der Waals surface area contributed by atoms with Crippen LogP contribution < -0.4 is 5.32 Å². The minimum absolute atomic E-state index is 0.311. The summed E-state index contributed by atoms with van der Waals surface area (Å²) in [5.74, 6) is -0.960. The topological polar surface area (TPSA) is 68.3 Å². The molecule has 1 amide bonds. The molecule has 0 fully saturated rings. The Balaban J connectivity index is 1.95. The lowest BCUT2D eigenvalue weighted by molar-refractivity contribution is -0.119. The maximum atomic E-state index is 11.9. The van der Waals surface area contributed by atoms with E-state index in [1.54, 1.807) is 18.3 Å². The van der Waals surface area contributed by atoms with Gasteiger partial charge in [0.25, 0.3) is 5.91 Å². The smallest absolute Gasteiger partial charge is 0.340 e. The van der Waals surface area contributed by atoms with E-state index < -0.39 is 5.97 Å². The molecule has 22 heavy (non-hydrogen) atoms. The summed E-state index contributed by atoms with van der Waals surface area (Å²) in [4.78, 5) is 27.5. The van der Waals surface area contributed by atoms with Gasteiger partial charge in [-0.1, -0.05) is 15.9 Å². The highest BCUT2D eigenvalue weighted by molar-refractivity contribution is 9.10. The zero-order valence-electron chi connectivity index (χ0n) is 12.2. The molecule has 0 radical (unpaired) electrons. The number of anilines is 1. The fourth-order valence-electron chi connectivity index (χ4n) is 1.98. The van der Waals surface area contributed by atoms with Crippen LogP contribution in [-0.2, 0) is 9.53 Å². The lowest BCUT2D eigenvalue weighted by Gasteiger charge is -2.12. The van der Waals surface area contributed by atoms with Crippen molar-refractivity contribution in [1.82, 2.24) is 4.98 Å². The third-order valence-electron chi connectivity index (χ3n) is 2.99. The number of benzene rings is 1. The minimum Gasteiger partial charge on any atom is -0.452 e. The third-order valence-corrected chi connectivity index (χ3v) is 3.45. The number of aryl methyl sites for hydroxylation is 2. The van der Waals surface area contributed by atoms with Gasteiger partial charge in [-0.25, -0.2) is 4.79 Å². The van der Waals surface area contributed by atoms with Crippen molar-refractivity contribution in [2.75, 3.05) is 11.9 Å². The Morgan fingerprint density at radius 1 is 1.27 bits per heavy atom. The van der Waals surface area contributed by atoms with E-state index in [-0.39, 0.29) is 12.5 Å². The van der Waals surface area contributed by atoms with Gasteiger partial charge < -0.3 is 10.1 Å². The first-order valence-electron chi connectivity index (χ1n) is 6.61. The molecule has 1 heterocycles. The Hall–Kier alpha value is -2.21. The standard InChI is InChI=1S/C16H15BrN2O3/c1-10-6-13(17)7-11(2)15(10)19-14(20)9-22-16(21)12-4-3-5-18-8-12/h3-8H,9H2,1-2H3,(H,19,20). The van der Waals surface area contributed by atoms with E-state index in [0.29, 0.717) is 5.56 Å². The fraction of sp³-hybridized carbons (Fsp3) is 0.188. The van der Waals surface area contributed by atoms with Gasteiger partial charge in [0, 0.05) is 22.6 Å². The summed E-state index contributed by atoms with van der Waals surface area (Å²) in [6.07, 6.45) is 2.95. The molecule has 6 heteroatoms. The molecule has 0 aliphatic rings. The second kappa shape index (κ2) is 7.17. The van der Waals surface area contributed by atoms with Crippen LogP contribution in [0.15, 0.2) is 41.1 Å². The Kier molecular flexibility index (Phi) is 5.27.